The Bertz CT molecular complexity index is 1770. The molecule has 1 aromatic carbocycles. The minimum Gasteiger partial charge on any atom is -0.475 e. The molecule has 8 rings (SSSR count). The number of rotatable bonds is 6. The van der Waals surface area contributed by atoms with Crippen LogP contribution >= 0.6 is 11.6 Å². The molecule has 0 bridgehead atoms. The summed E-state index contributed by atoms with van der Waals surface area (Å²) in [4.78, 5) is 17.6. The lowest BCUT2D eigenvalue weighted by atomic mass is 9.73. The third kappa shape index (κ3) is 5.19. The van der Waals surface area contributed by atoms with Gasteiger partial charge in [-0.25, -0.2) is 13.8 Å². The molecule has 258 valence electrons. The second-order valence-corrected chi connectivity index (χ2v) is 14.3. The standard InChI is InChI=1S/C32H35ClF5N7O3/c33-21-8-17(39)7-20(23(21)32(36,37)38)25-24(35)26-22-27(43-29(42-26)48-14-30-4-2-6-44(30)12-16(34)9-30)45(13-18-3-1-5-40-18)31(10-19(46)11-31)15-47-28(22)41-25/h7-8,16,18-19,40,46H,1-6,9-15,39H2/t16-,18?,19?,30+,31?/m1/s1. The van der Waals surface area contributed by atoms with E-state index in [1.165, 1.54) is 0 Å². The minimum absolute atomic E-state index is 0.0102. The summed E-state index contributed by atoms with van der Waals surface area (Å²) in [5, 5.41) is 13.4. The highest BCUT2D eigenvalue weighted by Crippen LogP contribution is 2.50. The predicted octanol–water partition coefficient (Wildman–Crippen LogP) is 4.88. The van der Waals surface area contributed by atoms with Crippen LogP contribution in [0.25, 0.3) is 22.2 Å². The van der Waals surface area contributed by atoms with E-state index in [-0.39, 0.29) is 60.0 Å². The van der Waals surface area contributed by atoms with E-state index >= 15 is 4.39 Å². The van der Waals surface area contributed by atoms with Gasteiger partial charge >= 0.3 is 12.2 Å². The Morgan fingerprint density at radius 1 is 1.17 bits per heavy atom. The van der Waals surface area contributed by atoms with E-state index in [4.69, 9.17) is 31.8 Å². The number of ether oxygens (including phenoxy) is 2. The van der Waals surface area contributed by atoms with Gasteiger partial charge in [0.1, 0.15) is 41.8 Å². The Balaban J connectivity index is 1.32. The molecule has 1 saturated carbocycles. The maximum atomic E-state index is 16.9. The third-order valence-corrected chi connectivity index (χ3v) is 11.0. The van der Waals surface area contributed by atoms with Gasteiger partial charge in [0.05, 0.1) is 27.8 Å². The molecule has 3 saturated heterocycles. The number of halogens is 6. The molecule has 16 heteroatoms. The van der Waals surface area contributed by atoms with Crippen molar-refractivity contribution in [3.05, 3.63) is 28.5 Å². The molecular weight excluding hydrogens is 661 g/mol. The highest BCUT2D eigenvalue weighted by atomic mass is 35.5. The number of anilines is 2. The summed E-state index contributed by atoms with van der Waals surface area (Å²) in [7, 11) is 0. The SMILES string of the molecule is Nc1cc(Cl)c(C(F)(F)F)c(-c2nc3c4c(nc(OC[C@@]56CCCN5C[C@H](F)C6)nc4c2F)N(CC2CCCN2)C2(CO3)CC(O)C2)c1. The highest BCUT2D eigenvalue weighted by molar-refractivity contribution is 6.32. The fourth-order valence-corrected chi connectivity index (χ4v) is 8.81. The molecule has 3 atom stereocenters. The van der Waals surface area contributed by atoms with Gasteiger partial charge in [0.25, 0.3) is 0 Å². The summed E-state index contributed by atoms with van der Waals surface area (Å²) < 4.78 is 86.9. The Kier molecular flexibility index (Phi) is 7.58. The van der Waals surface area contributed by atoms with Crippen molar-refractivity contribution in [3.63, 3.8) is 0 Å². The summed E-state index contributed by atoms with van der Waals surface area (Å²) in [5.74, 6) is -1.07. The van der Waals surface area contributed by atoms with Crippen molar-refractivity contribution in [2.24, 2.45) is 0 Å². The van der Waals surface area contributed by atoms with E-state index in [1.54, 1.807) is 0 Å². The second-order valence-electron chi connectivity index (χ2n) is 13.9. The number of nitrogens with zero attached hydrogens (tertiary/aromatic N) is 5. The lowest BCUT2D eigenvalue weighted by molar-refractivity contribution is -0.137. The topological polar surface area (TPSA) is 122 Å². The first-order valence-electron chi connectivity index (χ1n) is 16.3. The molecule has 1 aliphatic carbocycles. The van der Waals surface area contributed by atoms with Crippen molar-refractivity contribution in [1.82, 2.24) is 25.2 Å². The summed E-state index contributed by atoms with van der Waals surface area (Å²) in [6, 6.07) is 1.77. The van der Waals surface area contributed by atoms with Gasteiger partial charge in [-0.2, -0.15) is 23.1 Å². The molecule has 5 aliphatic rings. The number of nitrogens with two attached hydrogens (primary N) is 1. The minimum atomic E-state index is -4.97. The number of nitrogen functional groups attached to an aromatic ring is 1. The number of hydrogen-bond donors (Lipinski definition) is 3. The Hall–Kier alpha value is -3.27. The molecule has 6 heterocycles. The first-order valence-corrected chi connectivity index (χ1v) is 16.7. The zero-order valence-electron chi connectivity index (χ0n) is 25.9. The molecule has 2 aromatic heterocycles. The van der Waals surface area contributed by atoms with E-state index in [1.807, 2.05) is 4.90 Å². The Morgan fingerprint density at radius 3 is 2.71 bits per heavy atom. The van der Waals surface area contributed by atoms with Crippen LogP contribution in [0.15, 0.2) is 12.1 Å². The van der Waals surface area contributed by atoms with Gasteiger partial charge < -0.3 is 30.5 Å². The van der Waals surface area contributed by atoms with Crippen LogP contribution in [0.3, 0.4) is 0 Å². The van der Waals surface area contributed by atoms with Crippen molar-refractivity contribution in [2.75, 3.05) is 50.0 Å². The zero-order valence-corrected chi connectivity index (χ0v) is 26.7. The largest absolute Gasteiger partial charge is 0.475 e. The van der Waals surface area contributed by atoms with Crippen molar-refractivity contribution < 1.29 is 36.5 Å². The van der Waals surface area contributed by atoms with E-state index < -0.39 is 57.2 Å². The van der Waals surface area contributed by atoms with E-state index in [2.05, 4.69) is 20.2 Å². The highest BCUT2D eigenvalue weighted by Gasteiger charge is 2.53. The molecule has 3 aromatic rings. The number of aliphatic hydroxyl groups is 1. The number of nitrogens with one attached hydrogen (secondary N) is 1. The van der Waals surface area contributed by atoms with Crippen molar-refractivity contribution in [1.29, 1.82) is 0 Å². The van der Waals surface area contributed by atoms with Gasteiger partial charge in [0.2, 0.25) is 5.88 Å². The van der Waals surface area contributed by atoms with Gasteiger partial charge in [0, 0.05) is 49.6 Å². The average molecular weight is 696 g/mol. The van der Waals surface area contributed by atoms with Gasteiger partial charge in [-0.1, -0.05) is 11.6 Å². The van der Waals surface area contributed by atoms with Gasteiger partial charge in [-0.05, 0) is 50.9 Å². The zero-order chi connectivity index (χ0) is 33.6. The maximum absolute atomic E-state index is 16.9. The van der Waals surface area contributed by atoms with Gasteiger partial charge in [-0.15, -0.1) is 0 Å². The molecule has 48 heavy (non-hydrogen) atoms. The van der Waals surface area contributed by atoms with Crippen molar-refractivity contribution in [2.45, 2.75) is 80.5 Å². The van der Waals surface area contributed by atoms with Crippen LogP contribution in [-0.2, 0) is 6.18 Å². The number of aliphatic hydroxyl groups excluding tert-OH is 1. The maximum Gasteiger partial charge on any atom is 0.418 e. The van der Waals surface area contributed by atoms with Crippen LogP contribution in [0.2, 0.25) is 5.02 Å². The average Bonchev–Trinajstić information content (AvgIpc) is 3.70. The summed E-state index contributed by atoms with van der Waals surface area (Å²) >= 11 is 6.04. The first-order chi connectivity index (χ1) is 22.9. The Morgan fingerprint density at radius 2 is 1.98 bits per heavy atom. The van der Waals surface area contributed by atoms with E-state index in [0.29, 0.717) is 32.4 Å². The van der Waals surface area contributed by atoms with Gasteiger partial charge in [0.15, 0.2) is 5.82 Å². The monoisotopic (exact) mass is 695 g/mol. The molecule has 0 amide bonds. The molecule has 4 aliphatic heterocycles. The van der Waals surface area contributed by atoms with Crippen LogP contribution in [0.5, 0.6) is 11.9 Å². The number of fused-ring (bicyclic) bond motifs is 1. The smallest absolute Gasteiger partial charge is 0.418 e. The third-order valence-electron chi connectivity index (χ3n) is 10.7. The summed E-state index contributed by atoms with van der Waals surface area (Å²) in [5.41, 5.74) is 1.45. The molecule has 4 fully saturated rings. The quantitative estimate of drug-likeness (QED) is 0.243. The number of hydrogen-bond acceptors (Lipinski definition) is 10. The van der Waals surface area contributed by atoms with Crippen LogP contribution in [0.4, 0.5) is 33.5 Å². The van der Waals surface area contributed by atoms with E-state index in [0.717, 1.165) is 44.5 Å². The lowest BCUT2D eigenvalue weighted by Gasteiger charge is -2.52. The number of benzene rings is 1. The fraction of sp³-hybridized carbons (Fsp3) is 0.594. The predicted molar refractivity (Wildman–Crippen MR) is 168 cm³/mol. The molecule has 4 N–H and O–H groups in total. The molecule has 1 spiro atoms. The number of alkyl halides is 4. The van der Waals surface area contributed by atoms with Gasteiger partial charge in [-0.3, -0.25) is 4.90 Å². The van der Waals surface area contributed by atoms with Crippen LogP contribution in [0, 0.1) is 5.82 Å². The van der Waals surface area contributed by atoms with Crippen molar-refractivity contribution in [3.8, 4) is 23.1 Å². The molecular formula is C32H35ClF5N7O3. The first kappa shape index (κ1) is 32.0. The van der Waals surface area contributed by atoms with Crippen LogP contribution in [0.1, 0.15) is 50.5 Å². The summed E-state index contributed by atoms with van der Waals surface area (Å²) in [6.07, 6.45) is -2.23. The number of pyridine rings is 1. The fourth-order valence-electron chi connectivity index (χ4n) is 8.47. The number of aromatic nitrogens is 3. The molecule has 10 nitrogen and oxygen atoms in total. The summed E-state index contributed by atoms with van der Waals surface area (Å²) in [6.45, 7) is 2.36. The van der Waals surface area contributed by atoms with Crippen LogP contribution < -0.4 is 25.4 Å². The van der Waals surface area contributed by atoms with Crippen LogP contribution in [-0.4, -0.2) is 93.7 Å². The lowest BCUT2D eigenvalue weighted by Crippen LogP contribution is -2.64. The Labute approximate surface area is 277 Å². The second kappa shape index (κ2) is 11.4. The van der Waals surface area contributed by atoms with E-state index in [9.17, 15) is 22.7 Å². The molecule has 0 radical (unpaired) electrons. The molecule has 1 unspecified atom stereocenters. The normalized spacial score (nSPS) is 30.1. The van der Waals surface area contributed by atoms with Crippen molar-refractivity contribution >= 4 is 34.0 Å².